The summed E-state index contributed by atoms with van der Waals surface area (Å²) in [5.74, 6) is -1.18. The molecule has 2 N–H and O–H groups in total. The maximum absolute atomic E-state index is 11.2. The largest absolute Gasteiger partial charge is 0.476 e. The molecular weight excluding hydrogens is 262 g/mol. The van der Waals surface area contributed by atoms with Gasteiger partial charge in [-0.2, -0.15) is 5.10 Å². The van der Waals surface area contributed by atoms with Crippen LogP contribution in [0.3, 0.4) is 0 Å². The van der Waals surface area contributed by atoms with Crippen molar-refractivity contribution in [1.29, 1.82) is 0 Å². The predicted molar refractivity (Wildman–Crippen MR) is 70.1 cm³/mol. The molecule has 2 heterocycles. The van der Waals surface area contributed by atoms with E-state index in [-0.39, 0.29) is 18.2 Å². The zero-order chi connectivity index (χ0) is 14.7. The standard InChI is InChI=1S/C12H17N5O3/c1-3-16-6-9(4-13-16)11-10(12(19)20)14-15-17(11)5-8(2)7-18/h4,6,8,18H,3,5,7H2,1-2H3,(H,19,20). The van der Waals surface area contributed by atoms with E-state index in [0.29, 0.717) is 24.3 Å². The van der Waals surface area contributed by atoms with Gasteiger partial charge in [0.1, 0.15) is 5.69 Å². The van der Waals surface area contributed by atoms with Crippen LogP contribution in [-0.2, 0) is 13.1 Å². The van der Waals surface area contributed by atoms with Crippen LogP contribution in [0.1, 0.15) is 24.3 Å². The average Bonchev–Trinajstić information content (AvgIpc) is 3.04. The molecule has 0 aliphatic heterocycles. The highest BCUT2D eigenvalue weighted by atomic mass is 16.4. The Hall–Kier alpha value is -2.22. The van der Waals surface area contributed by atoms with Crippen LogP contribution in [0.4, 0.5) is 0 Å². The fourth-order valence-corrected chi connectivity index (χ4v) is 1.88. The number of aryl methyl sites for hydroxylation is 1. The van der Waals surface area contributed by atoms with Crippen LogP contribution in [0.5, 0.6) is 0 Å². The predicted octanol–water partition coefficient (Wildman–Crippen LogP) is 0.488. The van der Waals surface area contributed by atoms with Crippen molar-refractivity contribution in [2.45, 2.75) is 26.9 Å². The van der Waals surface area contributed by atoms with Gasteiger partial charge in [-0.05, 0) is 12.8 Å². The topological polar surface area (TPSA) is 106 Å². The number of aromatic nitrogens is 5. The number of hydrogen-bond donors (Lipinski definition) is 2. The molecule has 2 rings (SSSR count). The van der Waals surface area contributed by atoms with E-state index >= 15 is 0 Å². The molecule has 0 spiro atoms. The molecule has 0 saturated carbocycles. The molecular formula is C12H17N5O3. The molecule has 2 aromatic rings. The lowest BCUT2D eigenvalue weighted by Crippen LogP contribution is -2.14. The molecule has 0 radical (unpaired) electrons. The lowest BCUT2D eigenvalue weighted by Gasteiger charge is -2.09. The first kappa shape index (κ1) is 14.2. The number of carbonyl (C=O) groups is 1. The summed E-state index contributed by atoms with van der Waals surface area (Å²) >= 11 is 0. The lowest BCUT2D eigenvalue weighted by atomic mass is 10.1. The Kier molecular flexibility index (Phi) is 4.14. The molecule has 20 heavy (non-hydrogen) atoms. The van der Waals surface area contributed by atoms with Crippen LogP contribution in [0.2, 0.25) is 0 Å². The highest BCUT2D eigenvalue weighted by molar-refractivity contribution is 5.92. The van der Waals surface area contributed by atoms with Crippen molar-refractivity contribution in [2.24, 2.45) is 5.92 Å². The Labute approximate surface area is 115 Å². The van der Waals surface area contributed by atoms with Crippen molar-refractivity contribution in [2.75, 3.05) is 6.61 Å². The minimum atomic E-state index is -1.13. The van der Waals surface area contributed by atoms with Crippen LogP contribution in [-0.4, -0.2) is 47.6 Å². The van der Waals surface area contributed by atoms with Crippen molar-refractivity contribution < 1.29 is 15.0 Å². The summed E-state index contributed by atoms with van der Waals surface area (Å²) in [5.41, 5.74) is 0.961. The van der Waals surface area contributed by atoms with E-state index in [0.717, 1.165) is 0 Å². The van der Waals surface area contributed by atoms with Crippen molar-refractivity contribution in [3.8, 4) is 11.3 Å². The maximum atomic E-state index is 11.2. The second-order valence-electron chi connectivity index (χ2n) is 4.65. The van der Waals surface area contributed by atoms with Crippen LogP contribution in [0.25, 0.3) is 11.3 Å². The minimum absolute atomic E-state index is 0.00404. The van der Waals surface area contributed by atoms with Gasteiger partial charge < -0.3 is 10.2 Å². The van der Waals surface area contributed by atoms with E-state index in [9.17, 15) is 9.90 Å². The molecule has 0 fully saturated rings. The lowest BCUT2D eigenvalue weighted by molar-refractivity contribution is 0.0691. The van der Waals surface area contributed by atoms with Gasteiger partial charge in [-0.3, -0.25) is 4.68 Å². The SMILES string of the molecule is CCn1cc(-c2c(C(=O)O)nnn2CC(C)CO)cn1. The van der Waals surface area contributed by atoms with E-state index in [1.165, 1.54) is 4.68 Å². The van der Waals surface area contributed by atoms with E-state index in [4.69, 9.17) is 5.11 Å². The highest BCUT2D eigenvalue weighted by Crippen LogP contribution is 2.22. The molecule has 1 unspecified atom stereocenters. The highest BCUT2D eigenvalue weighted by Gasteiger charge is 2.22. The number of carboxylic acids is 1. The summed E-state index contributed by atoms with van der Waals surface area (Å²) in [5, 5.41) is 30.0. The van der Waals surface area contributed by atoms with Crippen molar-refractivity contribution in [3.05, 3.63) is 18.1 Å². The Balaban J connectivity index is 2.46. The van der Waals surface area contributed by atoms with Crippen molar-refractivity contribution in [3.63, 3.8) is 0 Å². The summed E-state index contributed by atoms with van der Waals surface area (Å²) in [7, 11) is 0. The third-order valence-corrected chi connectivity index (χ3v) is 2.96. The van der Waals surface area contributed by atoms with Crippen molar-refractivity contribution >= 4 is 5.97 Å². The van der Waals surface area contributed by atoms with Crippen molar-refractivity contribution in [1.82, 2.24) is 24.8 Å². The molecule has 0 aliphatic rings. The molecule has 8 nitrogen and oxygen atoms in total. The van der Waals surface area contributed by atoms with Crippen LogP contribution < -0.4 is 0 Å². The van der Waals surface area contributed by atoms with Gasteiger partial charge in [0.05, 0.1) is 6.20 Å². The molecule has 0 amide bonds. The van der Waals surface area contributed by atoms with Gasteiger partial charge in [0.25, 0.3) is 0 Å². The summed E-state index contributed by atoms with van der Waals surface area (Å²) in [6.07, 6.45) is 3.35. The monoisotopic (exact) mass is 279 g/mol. The number of rotatable bonds is 6. The molecule has 1 atom stereocenters. The Morgan fingerprint density at radius 2 is 2.25 bits per heavy atom. The van der Waals surface area contributed by atoms with E-state index in [1.54, 1.807) is 17.1 Å². The molecule has 0 bridgehead atoms. The van der Waals surface area contributed by atoms with Gasteiger partial charge in [0.15, 0.2) is 5.69 Å². The molecule has 108 valence electrons. The number of aliphatic hydroxyl groups excluding tert-OH is 1. The summed E-state index contributed by atoms with van der Waals surface area (Å²) < 4.78 is 3.20. The summed E-state index contributed by atoms with van der Waals surface area (Å²) in [4.78, 5) is 11.2. The second kappa shape index (κ2) is 5.83. The van der Waals surface area contributed by atoms with Gasteiger partial charge in [-0.15, -0.1) is 5.10 Å². The van der Waals surface area contributed by atoms with Gasteiger partial charge in [0.2, 0.25) is 0 Å². The number of hydrogen-bond acceptors (Lipinski definition) is 5. The second-order valence-corrected chi connectivity index (χ2v) is 4.65. The minimum Gasteiger partial charge on any atom is -0.476 e. The fourth-order valence-electron chi connectivity index (χ4n) is 1.88. The number of aromatic carboxylic acids is 1. The number of aliphatic hydroxyl groups is 1. The first-order valence-electron chi connectivity index (χ1n) is 6.37. The zero-order valence-electron chi connectivity index (χ0n) is 11.4. The molecule has 2 aromatic heterocycles. The molecule has 8 heteroatoms. The van der Waals surface area contributed by atoms with Gasteiger partial charge >= 0.3 is 5.97 Å². The smallest absolute Gasteiger partial charge is 0.358 e. The van der Waals surface area contributed by atoms with Gasteiger partial charge in [-0.25, -0.2) is 9.48 Å². The number of carboxylic acid groups (broad SMARTS) is 1. The van der Waals surface area contributed by atoms with Gasteiger partial charge in [-0.1, -0.05) is 12.1 Å². The van der Waals surface area contributed by atoms with Crippen LogP contribution in [0, 0.1) is 5.92 Å². The normalized spacial score (nSPS) is 12.6. The first-order chi connectivity index (χ1) is 9.56. The Morgan fingerprint density at radius 3 is 2.80 bits per heavy atom. The fraction of sp³-hybridized carbons (Fsp3) is 0.500. The summed E-state index contributed by atoms with van der Waals surface area (Å²) in [6, 6.07) is 0. The third kappa shape index (κ3) is 2.69. The number of nitrogens with zero attached hydrogens (tertiary/aromatic N) is 5. The van der Waals surface area contributed by atoms with E-state index in [2.05, 4.69) is 15.4 Å². The third-order valence-electron chi connectivity index (χ3n) is 2.96. The van der Waals surface area contributed by atoms with Crippen LogP contribution >= 0.6 is 0 Å². The quantitative estimate of drug-likeness (QED) is 0.797. The molecule has 0 saturated heterocycles. The Morgan fingerprint density at radius 1 is 1.50 bits per heavy atom. The Bertz CT molecular complexity index is 604. The average molecular weight is 279 g/mol. The zero-order valence-corrected chi connectivity index (χ0v) is 11.4. The van der Waals surface area contributed by atoms with Crippen LogP contribution in [0.15, 0.2) is 12.4 Å². The summed E-state index contributed by atoms with van der Waals surface area (Å²) in [6.45, 7) is 4.87. The van der Waals surface area contributed by atoms with E-state index < -0.39 is 5.97 Å². The van der Waals surface area contributed by atoms with E-state index in [1.807, 2.05) is 13.8 Å². The maximum Gasteiger partial charge on any atom is 0.358 e. The first-order valence-corrected chi connectivity index (χ1v) is 6.37. The molecule has 0 aromatic carbocycles. The molecule has 0 aliphatic carbocycles. The van der Waals surface area contributed by atoms with Gasteiger partial charge in [0, 0.05) is 31.5 Å².